The molecule has 0 aromatic carbocycles. The van der Waals surface area contributed by atoms with Crippen molar-refractivity contribution in [3.05, 3.63) is 5.69 Å². The number of aromatic nitrogens is 1. The van der Waals surface area contributed by atoms with Crippen molar-refractivity contribution in [3.8, 4) is 0 Å². The van der Waals surface area contributed by atoms with Crippen LogP contribution in [0.1, 0.15) is 19.5 Å². The van der Waals surface area contributed by atoms with E-state index in [1.54, 1.807) is 6.92 Å². The standard InChI is InChI=1S/C12H19N3O5S2/c1-7-5-15(6-8(2)20-7)22(17,18)10-9(3)13-11(21-10)14-12(16)19-4/h7-8H,5-6H2,1-4H3,(H,13,14,16). The molecule has 1 aliphatic heterocycles. The first-order valence-electron chi connectivity index (χ1n) is 6.72. The minimum Gasteiger partial charge on any atom is -0.453 e. The number of carbonyl (C=O) groups is 1. The Morgan fingerprint density at radius 2 is 2.00 bits per heavy atom. The number of anilines is 1. The monoisotopic (exact) mass is 349 g/mol. The summed E-state index contributed by atoms with van der Waals surface area (Å²) in [5.74, 6) is 0. The summed E-state index contributed by atoms with van der Waals surface area (Å²) in [4.78, 5) is 15.3. The van der Waals surface area contributed by atoms with Crippen molar-refractivity contribution in [2.45, 2.75) is 37.2 Å². The second-order valence-corrected chi connectivity index (χ2v) is 8.22. The van der Waals surface area contributed by atoms with Gasteiger partial charge in [0.2, 0.25) is 0 Å². The van der Waals surface area contributed by atoms with E-state index in [1.165, 1.54) is 11.4 Å². The number of nitrogens with zero attached hydrogens (tertiary/aromatic N) is 2. The Hall–Kier alpha value is -1.23. The molecule has 2 unspecified atom stereocenters. The van der Waals surface area contributed by atoms with Gasteiger partial charge in [-0.25, -0.2) is 18.2 Å². The van der Waals surface area contributed by atoms with Crippen LogP contribution in [-0.4, -0.2) is 56.2 Å². The number of methoxy groups -OCH3 is 1. The summed E-state index contributed by atoms with van der Waals surface area (Å²) in [6.45, 7) is 5.86. The van der Waals surface area contributed by atoms with Crippen LogP contribution >= 0.6 is 11.3 Å². The van der Waals surface area contributed by atoms with Gasteiger partial charge < -0.3 is 9.47 Å². The Morgan fingerprint density at radius 3 is 2.55 bits per heavy atom. The molecular formula is C12H19N3O5S2. The summed E-state index contributed by atoms with van der Waals surface area (Å²) in [5.41, 5.74) is 0.350. The fourth-order valence-electron chi connectivity index (χ4n) is 2.26. The number of sulfonamides is 1. The fraction of sp³-hybridized carbons (Fsp3) is 0.667. The highest BCUT2D eigenvalue weighted by molar-refractivity contribution is 7.91. The third kappa shape index (κ3) is 3.57. The van der Waals surface area contributed by atoms with E-state index in [1.807, 2.05) is 13.8 Å². The van der Waals surface area contributed by atoms with Gasteiger partial charge in [-0.05, 0) is 20.8 Å². The zero-order valence-corrected chi connectivity index (χ0v) is 14.5. The lowest BCUT2D eigenvalue weighted by atomic mass is 10.3. The lowest BCUT2D eigenvalue weighted by Crippen LogP contribution is -2.48. The molecule has 2 atom stereocenters. The number of nitrogens with one attached hydrogen (secondary N) is 1. The normalized spacial score (nSPS) is 23.3. The molecule has 22 heavy (non-hydrogen) atoms. The van der Waals surface area contributed by atoms with E-state index in [2.05, 4.69) is 15.0 Å². The molecule has 1 aromatic rings. The molecule has 1 aromatic heterocycles. The first-order chi connectivity index (χ1) is 10.2. The van der Waals surface area contributed by atoms with Crippen molar-refractivity contribution >= 4 is 32.6 Å². The van der Waals surface area contributed by atoms with Gasteiger partial charge >= 0.3 is 6.09 Å². The Morgan fingerprint density at radius 1 is 1.41 bits per heavy atom. The van der Waals surface area contributed by atoms with Crippen LogP contribution in [0.2, 0.25) is 0 Å². The van der Waals surface area contributed by atoms with Crippen LogP contribution in [0.4, 0.5) is 9.93 Å². The van der Waals surface area contributed by atoms with Crippen LogP contribution in [0.3, 0.4) is 0 Å². The van der Waals surface area contributed by atoms with Gasteiger partial charge in [-0.3, -0.25) is 5.32 Å². The lowest BCUT2D eigenvalue weighted by molar-refractivity contribution is -0.0440. The molecule has 1 saturated heterocycles. The number of rotatable bonds is 3. The molecule has 2 rings (SSSR count). The van der Waals surface area contributed by atoms with Gasteiger partial charge in [-0.2, -0.15) is 4.31 Å². The number of amides is 1. The Bertz CT molecular complexity index is 648. The number of hydrogen-bond acceptors (Lipinski definition) is 7. The molecule has 1 aliphatic rings. The largest absolute Gasteiger partial charge is 0.453 e. The number of hydrogen-bond donors (Lipinski definition) is 1. The van der Waals surface area contributed by atoms with E-state index in [4.69, 9.17) is 4.74 Å². The molecule has 1 fully saturated rings. The van der Waals surface area contributed by atoms with E-state index in [0.717, 1.165) is 11.3 Å². The predicted molar refractivity (Wildman–Crippen MR) is 81.6 cm³/mol. The molecule has 124 valence electrons. The summed E-state index contributed by atoms with van der Waals surface area (Å²) in [6.07, 6.45) is -1.02. The molecule has 0 saturated carbocycles. The van der Waals surface area contributed by atoms with Crippen molar-refractivity contribution in [2.75, 3.05) is 25.5 Å². The van der Waals surface area contributed by atoms with Gasteiger partial charge in [0.05, 0.1) is 25.0 Å². The second-order valence-electron chi connectivity index (χ2n) is 5.09. The highest BCUT2D eigenvalue weighted by atomic mass is 32.2. The molecule has 0 bridgehead atoms. The highest BCUT2D eigenvalue weighted by Gasteiger charge is 2.35. The second kappa shape index (κ2) is 6.49. The topological polar surface area (TPSA) is 97.8 Å². The minimum absolute atomic E-state index is 0.125. The first-order valence-corrected chi connectivity index (χ1v) is 8.97. The smallest absolute Gasteiger partial charge is 0.413 e. The van der Waals surface area contributed by atoms with Crippen LogP contribution in [0, 0.1) is 6.92 Å². The van der Waals surface area contributed by atoms with E-state index >= 15 is 0 Å². The first kappa shape index (κ1) is 17.1. The quantitative estimate of drug-likeness (QED) is 0.886. The minimum atomic E-state index is -3.66. The van der Waals surface area contributed by atoms with Crippen molar-refractivity contribution in [2.24, 2.45) is 0 Å². The molecule has 2 heterocycles. The zero-order valence-electron chi connectivity index (χ0n) is 12.8. The molecular weight excluding hydrogens is 330 g/mol. The lowest BCUT2D eigenvalue weighted by Gasteiger charge is -2.34. The zero-order chi connectivity index (χ0) is 16.5. The summed E-state index contributed by atoms with van der Waals surface area (Å²) < 4.78 is 37.1. The van der Waals surface area contributed by atoms with E-state index in [0.29, 0.717) is 18.8 Å². The van der Waals surface area contributed by atoms with Crippen LogP contribution in [0.15, 0.2) is 4.21 Å². The van der Waals surface area contributed by atoms with Crippen molar-refractivity contribution in [1.82, 2.24) is 9.29 Å². The summed E-state index contributed by atoms with van der Waals surface area (Å²) in [5, 5.41) is 2.58. The number of aryl methyl sites for hydroxylation is 1. The van der Waals surface area contributed by atoms with Crippen LogP contribution in [0.5, 0.6) is 0 Å². The average molecular weight is 349 g/mol. The van der Waals surface area contributed by atoms with Gasteiger partial charge in [0.15, 0.2) is 9.34 Å². The van der Waals surface area contributed by atoms with E-state index in [-0.39, 0.29) is 21.5 Å². The van der Waals surface area contributed by atoms with E-state index < -0.39 is 16.1 Å². The highest BCUT2D eigenvalue weighted by Crippen LogP contribution is 2.31. The van der Waals surface area contributed by atoms with E-state index in [9.17, 15) is 13.2 Å². The maximum Gasteiger partial charge on any atom is 0.413 e. The van der Waals surface area contributed by atoms with Crippen molar-refractivity contribution < 1.29 is 22.7 Å². The molecule has 0 aliphatic carbocycles. The number of morpholine rings is 1. The Balaban J connectivity index is 2.27. The predicted octanol–water partition coefficient (Wildman–Crippen LogP) is 1.43. The third-order valence-corrected chi connectivity index (χ3v) is 6.60. The van der Waals surface area contributed by atoms with Crippen LogP contribution in [-0.2, 0) is 19.5 Å². The fourth-order valence-corrected chi connectivity index (χ4v) is 5.38. The SMILES string of the molecule is COC(=O)Nc1nc(C)c(S(=O)(=O)N2CC(C)OC(C)C2)s1. The summed E-state index contributed by atoms with van der Waals surface area (Å²) in [6, 6.07) is 0. The molecule has 0 radical (unpaired) electrons. The maximum absolute atomic E-state index is 12.8. The molecule has 1 amide bonds. The van der Waals surface area contributed by atoms with Crippen molar-refractivity contribution in [3.63, 3.8) is 0 Å². The summed E-state index contributed by atoms with van der Waals surface area (Å²) >= 11 is 0.913. The Labute approximate surface area is 133 Å². The molecule has 10 heteroatoms. The van der Waals surface area contributed by atoms with Crippen molar-refractivity contribution in [1.29, 1.82) is 0 Å². The third-order valence-electron chi connectivity index (χ3n) is 3.11. The van der Waals surface area contributed by atoms with Gasteiger partial charge in [0.1, 0.15) is 0 Å². The summed E-state index contributed by atoms with van der Waals surface area (Å²) in [7, 11) is -2.44. The number of ether oxygens (including phenoxy) is 2. The van der Waals surface area contributed by atoms with Gasteiger partial charge in [0, 0.05) is 13.1 Å². The van der Waals surface area contributed by atoms with Crippen LogP contribution < -0.4 is 5.32 Å². The Kier molecular flexibility index (Phi) is 5.05. The van der Waals surface area contributed by atoms with Gasteiger partial charge in [-0.1, -0.05) is 11.3 Å². The van der Waals surface area contributed by atoms with Gasteiger partial charge in [-0.15, -0.1) is 0 Å². The average Bonchev–Trinajstić information content (AvgIpc) is 2.79. The van der Waals surface area contributed by atoms with Crippen LogP contribution in [0.25, 0.3) is 0 Å². The number of thiazole rings is 1. The maximum atomic E-state index is 12.8. The molecule has 0 spiro atoms. The van der Waals surface area contributed by atoms with Gasteiger partial charge in [0.25, 0.3) is 10.0 Å². The molecule has 8 nitrogen and oxygen atoms in total. The molecule has 1 N–H and O–H groups in total. The number of carbonyl (C=O) groups excluding carboxylic acids is 1.